The molecule has 94 valence electrons. The van der Waals surface area contributed by atoms with Gasteiger partial charge in [0.2, 0.25) is 0 Å². The van der Waals surface area contributed by atoms with E-state index in [0.717, 1.165) is 5.56 Å². The number of para-hydroxylation sites is 1. The van der Waals surface area contributed by atoms with Gasteiger partial charge < -0.3 is 11.1 Å². The van der Waals surface area contributed by atoms with Crippen LogP contribution in [0.15, 0.2) is 36.4 Å². The zero-order chi connectivity index (χ0) is 13.1. The van der Waals surface area contributed by atoms with Gasteiger partial charge in [0, 0.05) is 6.54 Å². The van der Waals surface area contributed by atoms with Gasteiger partial charge in [0.1, 0.15) is 5.82 Å². The van der Waals surface area contributed by atoms with E-state index >= 15 is 0 Å². The van der Waals surface area contributed by atoms with Crippen molar-refractivity contribution in [1.29, 1.82) is 0 Å². The number of hydrogen-bond acceptors (Lipinski definition) is 2. The van der Waals surface area contributed by atoms with E-state index in [1.807, 2.05) is 0 Å². The van der Waals surface area contributed by atoms with E-state index in [1.165, 1.54) is 17.2 Å². The van der Waals surface area contributed by atoms with Crippen LogP contribution >= 0.6 is 0 Å². The monoisotopic (exact) mass is 244 g/mol. The number of aryl methyl sites for hydroxylation is 2. The van der Waals surface area contributed by atoms with Crippen LogP contribution in [0.25, 0.3) is 0 Å². The zero-order valence-electron chi connectivity index (χ0n) is 10.6. The molecule has 0 radical (unpaired) electrons. The Kier molecular flexibility index (Phi) is 3.51. The third-order valence-electron chi connectivity index (χ3n) is 3.11. The fraction of sp³-hybridized carbons (Fsp3) is 0.200. The van der Waals surface area contributed by atoms with Crippen molar-refractivity contribution in [3.8, 4) is 0 Å². The Morgan fingerprint density at radius 1 is 1.11 bits per heavy atom. The summed E-state index contributed by atoms with van der Waals surface area (Å²) in [4.78, 5) is 0. The Morgan fingerprint density at radius 3 is 2.61 bits per heavy atom. The van der Waals surface area contributed by atoms with Crippen LogP contribution in [0.3, 0.4) is 0 Å². The van der Waals surface area contributed by atoms with Crippen LogP contribution in [0.2, 0.25) is 0 Å². The second kappa shape index (κ2) is 5.08. The number of nitrogens with one attached hydrogen (secondary N) is 1. The lowest BCUT2D eigenvalue weighted by atomic mass is 10.1. The first-order valence-corrected chi connectivity index (χ1v) is 5.92. The number of nitrogens with two attached hydrogens (primary N) is 1. The van der Waals surface area contributed by atoms with Crippen molar-refractivity contribution in [2.24, 2.45) is 0 Å². The van der Waals surface area contributed by atoms with Crippen LogP contribution < -0.4 is 11.1 Å². The van der Waals surface area contributed by atoms with Gasteiger partial charge in [-0.05, 0) is 42.7 Å². The number of hydrogen-bond donors (Lipinski definition) is 2. The molecule has 0 saturated carbocycles. The van der Waals surface area contributed by atoms with Crippen LogP contribution in [0.4, 0.5) is 15.8 Å². The van der Waals surface area contributed by atoms with Crippen LogP contribution in [0.5, 0.6) is 0 Å². The molecular formula is C15H17FN2. The van der Waals surface area contributed by atoms with Gasteiger partial charge in [0.25, 0.3) is 0 Å². The number of nitrogen functional groups attached to an aromatic ring is 1. The number of anilines is 2. The van der Waals surface area contributed by atoms with Gasteiger partial charge in [-0.1, -0.05) is 24.3 Å². The first-order chi connectivity index (χ1) is 8.58. The molecule has 3 N–H and O–H groups in total. The molecule has 0 aliphatic rings. The number of halogens is 1. The normalized spacial score (nSPS) is 10.4. The van der Waals surface area contributed by atoms with Crippen LogP contribution in [0, 0.1) is 19.7 Å². The molecule has 0 aliphatic heterocycles. The van der Waals surface area contributed by atoms with Gasteiger partial charge >= 0.3 is 0 Å². The Morgan fingerprint density at radius 2 is 1.89 bits per heavy atom. The molecule has 18 heavy (non-hydrogen) atoms. The number of rotatable bonds is 3. The van der Waals surface area contributed by atoms with E-state index in [1.54, 1.807) is 12.1 Å². The quantitative estimate of drug-likeness (QED) is 0.809. The summed E-state index contributed by atoms with van der Waals surface area (Å²) in [7, 11) is 0. The van der Waals surface area contributed by atoms with E-state index in [0.29, 0.717) is 12.2 Å². The van der Waals surface area contributed by atoms with E-state index in [-0.39, 0.29) is 11.5 Å². The van der Waals surface area contributed by atoms with Crippen molar-refractivity contribution in [2.45, 2.75) is 20.4 Å². The van der Waals surface area contributed by atoms with Crippen molar-refractivity contribution in [2.75, 3.05) is 11.1 Å². The highest BCUT2D eigenvalue weighted by Crippen LogP contribution is 2.22. The SMILES string of the molecule is Cc1ccc(CNc2cccc(F)c2N)cc1C. The van der Waals surface area contributed by atoms with Crippen molar-refractivity contribution in [3.63, 3.8) is 0 Å². The van der Waals surface area contributed by atoms with Crippen molar-refractivity contribution in [3.05, 3.63) is 58.9 Å². The summed E-state index contributed by atoms with van der Waals surface area (Å²) in [5.74, 6) is -0.389. The van der Waals surface area contributed by atoms with Crippen LogP contribution in [0.1, 0.15) is 16.7 Å². The Balaban J connectivity index is 2.11. The fourth-order valence-corrected chi connectivity index (χ4v) is 1.80. The summed E-state index contributed by atoms with van der Waals surface area (Å²) < 4.78 is 13.3. The average molecular weight is 244 g/mol. The molecule has 2 nitrogen and oxygen atoms in total. The maximum atomic E-state index is 13.3. The predicted octanol–water partition coefficient (Wildman–Crippen LogP) is 3.64. The van der Waals surface area contributed by atoms with Crippen molar-refractivity contribution in [1.82, 2.24) is 0 Å². The fourth-order valence-electron chi connectivity index (χ4n) is 1.80. The summed E-state index contributed by atoms with van der Waals surface area (Å²) in [5, 5.41) is 3.15. The van der Waals surface area contributed by atoms with Gasteiger partial charge in [-0.15, -0.1) is 0 Å². The van der Waals surface area contributed by atoms with Gasteiger partial charge in [-0.3, -0.25) is 0 Å². The minimum absolute atomic E-state index is 0.168. The lowest BCUT2D eigenvalue weighted by molar-refractivity contribution is 0.633. The molecule has 0 unspecified atom stereocenters. The van der Waals surface area contributed by atoms with Crippen LogP contribution in [-0.2, 0) is 6.54 Å². The van der Waals surface area contributed by atoms with Gasteiger partial charge in [-0.25, -0.2) is 4.39 Å². The minimum Gasteiger partial charge on any atom is -0.395 e. The van der Waals surface area contributed by atoms with E-state index < -0.39 is 0 Å². The molecule has 2 aromatic rings. The lowest BCUT2D eigenvalue weighted by Crippen LogP contribution is -2.04. The van der Waals surface area contributed by atoms with Crippen LogP contribution in [-0.4, -0.2) is 0 Å². The topological polar surface area (TPSA) is 38.0 Å². The molecule has 0 fully saturated rings. The first-order valence-electron chi connectivity index (χ1n) is 5.92. The molecule has 2 aromatic carbocycles. The summed E-state index contributed by atoms with van der Waals surface area (Å²) in [6.07, 6.45) is 0. The Bertz CT molecular complexity index is 564. The zero-order valence-corrected chi connectivity index (χ0v) is 10.6. The number of benzene rings is 2. The van der Waals surface area contributed by atoms with Crippen molar-refractivity contribution < 1.29 is 4.39 Å². The highest BCUT2D eigenvalue weighted by atomic mass is 19.1. The average Bonchev–Trinajstić information content (AvgIpc) is 2.35. The molecule has 0 bridgehead atoms. The largest absolute Gasteiger partial charge is 0.395 e. The second-order valence-electron chi connectivity index (χ2n) is 4.47. The van der Waals surface area contributed by atoms with Gasteiger partial charge in [-0.2, -0.15) is 0 Å². The maximum absolute atomic E-state index is 13.3. The van der Waals surface area contributed by atoms with Gasteiger partial charge in [0.05, 0.1) is 11.4 Å². The van der Waals surface area contributed by atoms with Crippen molar-refractivity contribution >= 4 is 11.4 Å². The first kappa shape index (κ1) is 12.4. The van der Waals surface area contributed by atoms with E-state index in [2.05, 4.69) is 37.4 Å². The van der Waals surface area contributed by atoms with Gasteiger partial charge in [0.15, 0.2) is 0 Å². The molecule has 0 saturated heterocycles. The standard InChI is InChI=1S/C15H17FN2/c1-10-6-7-12(8-11(10)2)9-18-14-5-3-4-13(16)15(14)17/h3-8,18H,9,17H2,1-2H3. The maximum Gasteiger partial charge on any atom is 0.148 e. The molecule has 0 amide bonds. The molecule has 0 heterocycles. The highest BCUT2D eigenvalue weighted by Gasteiger charge is 2.04. The Hall–Kier alpha value is -2.03. The molecule has 2 rings (SSSR count). The molecule has 0 atom stereocenters. The summed E-state index contributed by atoms with van der Waals surface area (Å²) >= 11 is 0. The predicted molar refractivity (Wildman–Crippen MR) is 74.1 cm³/mol. The second-order valence-corrected chi connectivity index (χ2v) is 4.47. The third-order valence-corrected chi connectivity index (χ3v) is 3.11. The Labute approximate surface area is 107 Å². The van der Waals surface area contributed by atoms with E-state index in [4.69, 9.17) is 5.73 Å². The summed E-state index contributed by atoms with van der Waals surface area (Å²) in [6, 6.07) is 11.0. The molecule has 0 spiro atoms. The smallest absolute Gasteiger partial charge is 0.148 e. The van der Waals surface area contributed by atoms with E-state index in [9.17, 15) is 4.39 Å². The summed E-state index contributed by atoms with van der Waals surface area (Å²) in [6.45, 7) is 4.79. The summed E-state index contributed by atoms with van der Waals surface area (Å²) in [5.41, 5.74) is 10.1. The highest BCUT2D eigenvalue weighted by molar-refractivity contribution is 5.66. The molecule has 0 aliphatic carbocycles. The molecule has 0 aromatic heterocycles. The minimum atomic E-state index is -0.389. The molecular weight excluding hydrogens is 227 g/mol. The molecule has 3 heteroatoms. The lowest BCUT2D eigenvalue weighted by Gasteiger charge is -2.11. The third kappa shape index (κ3) is 2.62.